The molecule has 1 saturated heterocycles. The van der Waals surface area contributed by atoms with Gasteiger partial charge in [0, 0.05) is 16.4 Å². The fraction of sp³-hybridized carbons (Fsp3) is 0.290. The second-order valence-electron chi connectivity index (χ2n) is 10.5. The number of thiophene rings is 1. The molecule has 0 N–H and O–H groups in total. The first-order chi connectivity index (χ1) is 18.9. The minimum Gasteiger partial charge on any atom is -0.497 e. The third-order valence-electron chi connectivity index (χ3n) is 8.47. The van der Waals surface area contributed by atoms with E-state index in [2.05, 4.69) is 6.07 Å². The lowest BCUT2D eigenvalue weighted by atomic mass is 9.64. The van der Waals surface area contributed by atoms with Gasteiger partial charge in [-0.15, -0.1) is 11.3 Å². The Morgan fingerprint density at radius 1 is 1.05 bits per heavy atom. The molecule has 4 atom stereocenters. The molecule has 2 aliphatic heterocycles. The van der Waals surface area contributed by atoms with Crippen LogP contribution in [0, 0.1) is 36.0 Å². The summed E-state index contributed by atoms with van der Waals surface area (Å²) in [7, 11) is 1.59. The van der Waals surface area contributed by atoms with Crippen molar-refractivity contribution < 1.29 is 23.9 Å². The number of rotatable bonds is 3. The number of anilines is 1. The summed E-state index contributed by atoms with van der Waals surface area (Å²) in [5, 5.41) is 10.4. The molecule has 2 aliphatic carbocycles. The van der Waals surface area contributed by atoms with E-state index in [1.54, 1.807) is 7.11 Å². The molecule has 0 radical (unpaired) electrons. The van der Waals surface area contributed by atoms with E-state index in [1.807, 2.05) is 55.5 Å². The van der Waals surface area contributed by atoms with Crippen LogP contribution < -0.4 is 14.4 Å². The third kappa shape index (κ3) is 3.36. The molecule has 0 saturated carbocycles. The smallest absolute Gasteiger partial charge is 0.319 e. The molecule has 7 nitrogen and oxygen atoms in total. The quantitative estimate of drug-likeness (QED) is 0.267. The van der Waals surface area contributed by atoms with Gasteiger partial charge >= 0.3 is 5.97 Å². The van der Waals surface area contributed by atoms with Crippen molar-refractivity contribution in [3.05, 3.63) is 81.2 Å². The Labute approximate surface area is 229 Å². The number of carbonyl (C=O) groups excluding carboxylic acids is 3. The number of aryl methyl sites for hydroxylation is 2. The number of nitrogens with zero attached hydrogens (tertiary/aromatic N) is 2. The zero-order chi connectivity index (χ0) is 27.0. The Morgan fingerprint density at radius 3 is 2.56 bits per heavy atom. The van der Waals surface area contributed by atoms with Crippen LogP contribution in [0.1, 0.15) is 45.0 Å². The van der Waals surface area contributed by atoms with E-state index >= 15 is 0 Å². The summed E-state index contributed by atoms with van der Waals surface area (Å²) in [6, 6.07) is 15.4. The average Bonchev–Trinajstić information content (AvgIpc) is 3.59. The largest absolute Gasteiger partial charge is 0.497 e. The van der Waals surface area contributed by atoms with Gasteiger partial charge in [-0.05, 0) is 66.6 Å². The van der Waals surface area contributed by atoms with Gasteiger partial charge in [0.05, 0.1) is 30.4 Å². The number of fused-ring (bicyclic) bond motifs is 6. The van der Waals surface area contributed by atoms with Gasteiger partial charge in [0.1, 0.15) is 22.6 Å². The molecule has 194 valence electrons. The zero-order valence-electron chi connectivity index (χ0n) is 21.4. The van der Waals surface area contributed by atoms with Gasteiger partial charge in [0.2, 0.25) is 11.8 Å². The summed E-state index contributed by atoms with van der Waals surface area (Å²) in [6.45, 7) is 1.92. The standard InChI is InChI=1S/C31H24N2O5S/c1-15-6-11-18-21-13-20(16-7-9-17(37-2)10-8-16)25-27(26(21)31(36)38-23(18)12-15)29(35)33(28(25)34)30-22(14-32)19-4-3-5-24(19)39-30/h6-13,20,25-27H,3-5H2,1-2H3/t20-,25-,26-,27+/m0/s1. The number of hydrogen-bond donors (Lipinski definition) is 0. The van der Waals surface area contributed by atoms with Crippen molar-refractivity contribution in [1.82, 2.24) is 0 Å². The maximum absolute atomic E-state index is 14.2. The highest BCUT2D eigenvalue weighted by atomic mass is 32.1. The normalized spacial score (nSPS) is 24.8. The number of imide groups is 1. The minimum absolute atomic E-state index is 0.375. The van der Waals surface area contributed by atoms with E-state index in [-0.39, 0.29) is 5.91 Å². The highest BCUT2D eigenvalue weighted by Gasteiger charge is 2.61. The summed E-state index contributed by atoms with van der Waals surface area (Å²) in [6.07, 6.45) is 4.53. The number of nitriles is 1. The number of amides is 2. The predicted octanol–water partition coefficient (Wildman–Crippen LogP) is 4.95. The SMILES string of the molecule is COc1ccc([C@@H]2C=C3c4ccc(C)cc4OC(=O)[C@@H]3[C@@H]3C(=O)N(c4sc5c(c4C#N)CCC5)C(=O)[C@H]32)cc1. The molecule has 0 bridgehead atoms. The van der Waals surface area contributed by atoms with Crippen molar-refractivity contribution in [2.24, 2.45) is 17.8 Å². The van der Waals surface area contributed by atoms with Gasteiger partial charge in [0.25, 0.3) is 0 Å². The molecular formula is C31H24N2O5S. The molecule has 0 unspecified atom stereocenters. The molecule has 2 amide bonds. The number of esters is 1. The van der Waals surface area contributed by atoms with E-state index in [0.717, 1.165) is 46.4 Å². The molecule has 39 heavy (non-hydrogen) atoms. The number of ether oxygens (including phenoxy) is 2. The summed E-state index contributed by atoms with van der Waals surface area (Å²) in [5.41, 5.74) is 4.62. The molecular weight excluding hydrogens is 512 g/mol. The Morgan fingerprint density at radius 2 is 1.82 bits per heavy atom. The maximum atomic E-state index is 14.2. The molecule has 3 heterocycles. The molecule has 8 heteroatoms. The minimum atomic E-state index is -0.935. The first-order valence-electron chi connectivity index (χ1n) is 13.0. The first kappa shape index (κ1) is 23.9. The van der Waals surface area contributed by atoms with Gasteiger partial charge in [-0.3, -0.25) is 14.4 Å². The molecule has 7 rings (SSSR count). The van der Waals surface area contributed by atoms with Crippen molar-refractivity contribution in [3.8, 4) is 17.6 Å². The lowest BCUT2D eigenvalue weighted by Gasteiger charge is -2.38. The number of allylic oxidation sites excluding steroid dienone is 1. The zero-order valence-corrected chi connectivity index (χ0v) is 22.2. The van der Waals surface area contributed by atoms with Crippen LogP contribution in [-0.2, 0) is 27.2 Å². The maximum Gasteiger partial charge on any atom is 0.319 e. The highest BCUT2D eigenvalue weighted by Crippen LogP contribution is 2.56. The lowest BCUT2D eigenvalue weighted by molar-refractivity contribution is -0.142. The average molecular weight is 537 g/mol. The monoisotopic (exact) mass is 536 g/mol. The number of benzene rings is 2. The Bertz CT molecular complexity index is 1660. The fourth-order valence-corrected chi connectivity index (χ4v) is 8.03. The van der Waals surface area contributed by atoms with E-state index < -0.39 is 35.5 Å². The van der Waals surface area contributed by atoms with Crippen molar-refractivity contribution in [1.29, 1.82) is 5.26 Å². The molecule has 1 fully saturated rings. The van der Waals surface area contributed by atoms with Gasteiger partial charge in [0.15, 0.2) is 0 Å². The van der Waals surface area contributed by atoms with E-state index in [1.165, 1.54) is 16.2 Å². The van der Waals surface area contributed by atoms with Crippen LogP contribution >= 0.6 is 11.3 Å². The fourth-order valence-electron chi connectivity index (χ4n) is 6.68. The molecule has 2 aromatic carbocycles. The van der Waals surface area contributed by atoms with E-state index in [0.29, 0.717) is 27.6 Å². The van der Waals surface area contributed by atoms with Crippen molar-refractivity contribution in [3.63, 3.8) is 0 Å². The van der Waals surface area contributed by atoms with Crippen molar-refractivity contribution in [2.75, 3.05) is 12.0 Å². The van der Waals surface area contributed by atoms with Crippen LogP contribution in [0.25, 0.3) is 5.57 Å². The summed E-state index contributed by atoms with van der Waals surface area (Å²) < 4.78 is 11.1. The van der Waals surface area contributed by atoms with Gasteiger partial charge in [-0.25, -0.2) is 4.90 Å². The molecule has 4 aliphatic rings. The highest BCUT2D eigenvalue weighted by molar-refractivity contribution is 7.17. The van der Waals surface area contributed by atoms with Crippen LogP contribution in [-0.4, -0.2) is 24.9 Å². The van der Waals surface area contributed by atoms with Gasteiger partial charge < -0.3 is 9.47 Å². The predicted molar refractivity (Wildman–Crippen MR) is 145 cm³/mol. The third-order valence-corrected chi connectivity index (χ3v) is 9.75. The van der Waals surface area contributed by atoms with Crippen LogP contribution in [0.4, 0.5) is 5.00 Å². The first-order valence-corrected chi connectivity index (χ1v) is 13.8. The summed E-state index contributed by atoms with van der Waals surface area (Å²) in [4.78, 5) is 44.2. The summed E-state index contributed by atoms with van der Waals surface area (Å²) in [5.74, 6) is -3.30. The second-order valence-corrected chi connectivity index (χ2v) is 11.6. The van der Waals surface area contributed by atoms with Gasteiger partial charge in [-0.1, -0.05) is 30.3 Å². The number of hydrogen-bond acceptors (Lipinski definition) is 7. The van der Waals surface area contributed by atoms with Crippen LogP contribution in [0.3, 0.4) is 0 Å². The Balaban J connectivity index is 1.41. The van der Waals surface area contributed by atoms with Crippen molar-refractivity contribution >= 4 is 39.7 Å². The van der Waals surface area contributed by atoms with Crippen LogP contribution in [0.15, 0.2) is 48.5 Å². The topological polar surface area (TPSA) is 96.7 Å². The Kier molecular flexibility index (Phi) is 5.29. The number of methoxy groups -OCH3 is 1. The van der Waals surface area contributed by atoms with Gasteiger partial charge in [-0.2, -0.15) is 5.26 Å². The molecule has 0 spiro atoms. The van der Waals surface area contributed by atoms with E-state index in [9.17, 15) is 19.6 Å². The van der Waals surface area contributed by atoms with Crippen LogP contribution in [0.2, 0.25) is 0 Å². The molecule has 1 aromatic heterocycles. The summed E-state index contributed by atoms with van der Waals surface area (Å²) >= 11 is 1.36. The second kappa shape index (κ2) is 8.65. The van der Waals surface area contributed by atoms with Crippen molar-refractivity contribution in [2.45, 2.75) is 32.1 Å². The van der Waals surface area contributed by atoms with E-state index in [4.69, 9.17) is 9.47 Å². The Hall–Kier alpha value is -4.22. The number of carbonyl (C=O) groups is 3. The molecule has 3 aromatic rings. The van der Waals surface area contributed by atoms with Crippen LogP contribution in [0.5, 0.6) is 11.5 Å². The lowest BCUT2D eigenvalue weighted by Crippen LogP contribution is -2.42.